The predicted molar refractivity (Wildman–Crippen MR) is 101 cm³/mol. The summed E-state index contributed by atoms with van der Waals surface area (Å²) in [5.41, 5.74) is 1.70. The van der Waals surface area contributed by atoms with Gasteiger partial charge in [-0.1, -0.05) is 6.07 Å². The van der Waals surface area contributed by atoms with E-state index in [1.807, 2.05) is 37.3 Å². The number of terminal acetylenes is 1. The fraction of sp³-hybridized carbons (Fsp3) is 0.400. The molecule has 0 saturated carbocycles. The van der Waals surface area contributed by atoms with E-state index in [2.05, 4.69) is 26.0 Å². The van der Waals surface area contributed by atoms with Crippen LogP contribution in [0.5, 0.6) is 0 Å². The van der Waals surface area contributed by atoms with Gasteiger partial charge in [0.05, 0.1) is 17.2 Å². The molecule has 3 rings (SSSR count). The third-order valence-electron chi connectivity index (χ3n) is 4.81. The predicted octanol–water partition coefficient (Wildman–Crippen LogP) is 2.20. The van der Waals surface area contributed by atoms with E-state index in [-0.39, 0.29) is 11.9 Å². The Bertz CT molecular complexity index is 769. The number of amides is 1. The number of hydrogen-bond acceptors (Lipinski definition) is 4. The molecule has 1 aliphatic rings. The van der Waals surface area contributed by atoms with Crippen LogP contribution in [0.25, 0.3) is 10.9 Å². The second-order valence-electron chi connectivity index (χ2n) is 6.37. The van der Waals surface area contributed by atoms with Crippen LogP contribution in [0.1, 0.15) is 13.3 Å². The maximum absolute atomic E-state index is 12.7. The Kier molecular flexibility index (Phi) is 5.64. The Morgan fingerprint density at radius 3 is 2.84 bits per heavy atom. The maximum atomic E-state index is 12.7. The number of piperazine rings is 1. The first-order chi connectivity index (χ1) is 12.2. The fourth-order valence-electron chi connectivity index (χ4n) is 3.21. The van der Waals surface area contributed by atoms with Gasteiger partial charge in [0.15, 0.2) is 0 Å². The molecular formula is C20H24N4O. The molecule has 130 valence electrons. The number of nitrogens with one attached hydrogen (secondary N) is 1. The van der Waals surface area contributed by atoms with E-state index in [0.717, 1.165) is 55.7 Å². The summed E-state index contributed by atoms with van der Waals surface area (Å²) >= 11 is 0. The summed E-state index contributed by atoms with van der Waals surface area (Å²) in [5, 5.41) is 4.03. The average Bonchev–Trinajstić information content (AvgIpc) is 2.66. The summed E-state index contributed by atoms with van der Waals surface area (Å²) < 4.78 is 0. The normalized spacial score (nSPS) is 17.1. The lowest BCUT2D eigenvalue weighted by Crippen LogP contribution is -2.52. The fourth-order valence-corrected chi connectivity index (χ4v) is 3.21. The van der Waals surface area contributed by atoms with Crippen LogP contribution in [0, 0.1) is 12.3 Å². The van der Waals surface area contributed by atoms with Crippen molar-refractivity contribution in [1.82, 2.24) is 14.8 Å². The second kappa shape index (κ2) is 8.11. The quantitative estimate of drug-likeness (QED) is 0.851. The van der Waals surface area contributed by atoms with E-state index in [9.17, 15) is 4.79 Å². The van der Waals surface area contributed by atoms with Crippen molar-refractivity contribution in [3.8, 4) is 12.3 Å². The lowest BCUT2D eigenvalue weighted by Gasteiger charge is -2.37. The molecule has 0 aliphatic carbocycles. The highest BCUT2D eigenvalue weighted by molar-refractivity contribution is 6.02. The molecule has 1 aromatic heterocycles. The van der Waals surface area contributed by atoms with E-state index >= 15 is 0 Å². The molecule has 0 bridgehead atoms. The van der Waals surface area contributed by atoms with Crippen LogP contribution >= 0.6 is 0 Å². The number of nitrogens with zero attached hydrogens (tertiary/aromatic N) is 3. The molecule has 5 heteroatoms. The summed E-state index contributed by atoms with van der Waals surface area (Å²) in [5.74, 6) is 2.71. The number of carbonyl (C=O) groups excluding carboxylic acids is 1. The molecule has 25 heavy (non-hydrogen) atoms. The molecule has 1 aliphatic heterocycles. The number of pyridine rings is 1. The van der Waals surface area contributed by atoms with Gasteiger partial charge < -0.3 is 5.32 Å². The van der Waals surface area contributed by atoms with E-state index in [1.165, 1.54) is 0 Å². The number of anilines is 1. The highest BCUT2D eigenvalue weighted by atomic mass is 16.2. The van der Waals surface area contributed by atoms with Crippen molar-refractivity contribution < 1.29 is 4.79 Å². The molecule has 2 aromatic rings. The Balaban J connectivity index is 1.61. The van der Waals surface area contributed by atoms with Gasteiger partial charge in [0.25, 0.3) is 0 Å². The highest BCUT2D eigenvalue weighted by Gasteiger charge is 2.25. The van der Waals surface area contributed by atoms with E-state index in [0.29, 0.717) is 0 Å². The first-order valence-electron chi connectivity index (χ1n) is 8.73. The van der Waals surface area contributed by atoms with Crippen molar-refractivity contribution >= 4 is 22.5 Å². The van der Waals surface area contributed by atoms with Crippen LogP contribution in [-0.2, 0) is 4.79 Å². The number of fused-ring (bicyclic) bond motifs is 1. The Morgan fingerprint density at radius 2 is 2.08 bits per heavy atom. The van der Waals surface area contributed by atoms with Gasteiger partial charge in [-0.25, -0.2) is 0 Å². The Hall–Kier alpha value is -2.42. The summed E-state index contributed by atoms with van der Waals surface area (Å²) in [4.78, 5) is 21.6. The number of rotatable bonds is 5. The SMILES string of the molecule is C#CCCN1CCN(C(C)C(=O)Nc2cccc3ncccc23)CC1. The van der Waals surface area contributed by atoms with Crippen LogP contribution < -0.4 is 5.32 Å². The zero-order chi connectivity index (χ0) is 17.6. The van der Waals surface area contributed by atoms with Crippen molar-refractivity contribution in [1.29, 1.82) is 0 Å². The number of aromatic nitrogens is 1. The minimum atomic E-state index is -0.165. The standard InChI is InChI=1S/C20H24N4O/c1-3-4-11-23-12-14-24(15-13-23)16(2)20(25)22-19-9-5-8-18-17(19)7-6-10-21-18/h1,5-10,16H,4,11-15H2,2H3,(H,22,25). The van der Waals surface area contributed by atoms with E-state index < -0.39 is 0 Å². The monoisotopic (exact) mass is 336 g/mol. The first kappa shape index (κ1) is 17.4. The molecule has 0 radical (unpaired) electrons. The van der Waals surface area contributed by atoms with E-state index in [4.69, 9.17) is 6.42 Å². The molecule has 1 fully saturated rings. The number of hydrogen-bond donors (Lipinski definition) is 1. The van der Waals surface area contributed by atoms with Gasteiger partial charge in [-0.05, 0) is 31.2 Å². The molecule has 2 heterocycles. The molecule has 1 N–H and O–H groups in total. The molecular weight excluding hydrogens is 312 g/mol. The lowest BCUT2D eigenvalue weighted by molar-refractivity contribution is -0.121. The highest BCUT2D eigenvalue weighted by Crippen LogP contribution is 2.21. The van der Waals surface area contributed by atoms with Gasteiger partial charge in [-0.2, -0.15) is 0 Å². The maximum Gasteiger partial charge on any atom is 0.241 e. The minimum absolute atomic E-state index is 0.0217. The number of carbonyl (C=O) groups is 1. The smallest absolute Gasteiger partial charge is 0.241 e. The van der Waals surface area contributed by atoms with Gasteiger partial charge in [-0.3, -0.25) is 19.6 Å². The summed E-state index contributed by atoms with van der Waals surface area (Å²) in [6.45, 7) is 6.59. The first-order valence-corrected chi connectivity index (χ1v) is 8.73. The third kappa shape index (κ3) is 4.16. The van der Waals surface area contributed by atoms with Crippen molar-refractivity contribution in [2.75, 3.05) is 38.0 Å². The average molecular weight is 336 g/mol. The molecule has 1 atom stereocenters. The van der Waals surface area contributed by atoms with Crippen LogP contribution in [-0.4, -0.2) is 59.5 Å². The minimum Gasteiger partial charge on any atom is -0.324 e. The van der Waals surface area contributed by atoms with Crippen molar-refractivity contribution in [3.05, 3.63) is 36.5 Å². The molecule has 0 spiro atoms. The molecule has 1 unspecified atom stereocenters. The Morgan fingerprint density at radius 1 is 1.28 bits per heavy atom. The number of benzene rings is 1. The summed E-state index contributed by atoms with van der Waals surface area (Å²) in [6, 6.07) is 9.49. The zero-order valence-electron chi connectivity index (χ0n) is 14.6. The van der Waals surface area contributed by atoms with Crippen LogP contribution in [0.2, 0.25) is 0 Å². The summed E-state index contributed by atoms with van der Waals surface area (Å²) in [6.07, 6.45) is 7.87. The zero-order valence-corrected chi connectivity index (χ0v) is 14.6. The van der Waals surface area contributed by atoms with Crippen molar-refractivity contribution in [2.24, 2.45) is 0 Å². The van der Waals surface area contributed by atoms with Crippen LogP contribution in [0.15, 0.2) is 36.5 Å². The second-order valence-corrected chi connectivity index (χ2v) is 6.37. The van der Waals surface area contributed by atoms with Gasteiger partial charge in [0.1, 0.15) is 0 Å². The van der Waals surface area contributed by atoms with Crippen molar-refractivity contribution in [3.63, 3.8) is 0 Å². The van der Waals surface area contributed by atoms with Gasteiger partial charge in [0, 0.05) is 50.7 Å². The topological polar surface area (TPSA) is 48.5 Å². The Labute approximate surface area is 149 Å². The molecule has 1 saturated heterocycles. The van der Waals surface area contributed by atoms with Crippen LogP contribution in [0.4, 0.5) is 5.69 Å². The van der Waals surface area contributed by atoms with E-state index in [1.54, 1.807) is 6.20 Å². The van der Waals surface area contributed by atoms with Gasteiger partial charge >= 0.3 is 0 Å². The molecule has 1 aromatic carbocycles. The van der Waals surface area contributed by atoms with Crippen LogP contribution in [0.3, 0.4) is 0 Å². The molecule has 5 nitrogen and oxygen atoms in total. The molecule has 1 amide bonds. The third-order valence-corrected chi connectivity index (χ3v) is 4.81. The lowest BCUT2D eigenvalue weighted by atomic mass is 10.1. The van der Waals surface area contributed by atoms with Gasteiger partial charge in [0.2, 0.25) is 5.91 Å². The van der Waals surface area contributed by atoms with Crippen molar-refractivity contribution in [2.45, 2.75) is 19.4 Å². The van der Waals surface area contributed by atoms with Gasteiger partial charge in [-0.15, -0.1) is 12.3 Å². The summed E-state index contributed by atoms with van der Waals surface area (Å²) in [7, 11) is 0. The largest absolute Gasteiger partial charge is 0.324 e.